The summed E-state index contributed by atoms with van der Waals surface area (Å²) in [5, 5.41) is 9.21. The Bertz CT molecular complexity index is 643. The average molecular weight is 320 g/mol. The Morgan fingerprint density at radius 3 is 2.78 bits per heavy atom. The van der Waals surface area contributed by atoms with Crippen molar-refractivity contribution in [1.29, 1.82) is 0 Å². The number of urea groups is 1. The topological polar surface area (TPSA) is 80.0 Å². The zero-order valence-corrected chi connectivity index (χ0v) is 13.3. The summed E-state index contributed by atoms with van der Waals surface area (Å²) in [6.07, 6.45) is 1.29. The van der Waals surface area contributed by atoms with E-state index < -0.39 is 0 Å². The second-order valence-corrected chi connectivity index (χ2v) is 5.51. The zero-order chi connectivity index (χ0) is 16.7. The number of benzene rings is 1. The second-order valence-electron chi connectivity index (χ2n) is 5.51. The van der Waals surface area contributed by atoms with Gasteiger partial charge in [-0.2, -0.15) is 4.98 Å². The molecule has 7 heteroatoms. The van der Waals surface area contributed by atoms with Crippen LogP contribution in [0.15, 0.2) is 28.8 Å². The Hall–Kier alpha value is -2.44. The van der Waals surface area contributed by atoms with E-state index in [1.807, 2.05) is 13.8 Å². The highest BCUT2D eigenvalue weighted by molar-refractivity contribution is 5.73. The van der Waals surface area contributed by atoms with Crippen molar-refractivity contribution >= 4 is 6.03 Å². The van der Waals surface area contributed by atoms with Crippen LogP contribution in [0.1, 0.15) is 43.5 Å². The molecule has 2 amide bonds. The van der Waals surface area contributed by atoms with Crippen molar-refractivity contribution in [2.24, 2.45) is 0 Å². The predicted molar refractivity (Wildman–Crippen MR) is 83.3 cm³/mol. The lowest BCUT2D eigenvalue weighted by Gasteiger charge is -2.07. The van der Waals surface area contributed by atoms with E-state index in [2.05, 4.69) is 20.8 Å². The van der Waals surface area contributed by atoms with E-state index in [-0.39, 0.29) is 24.3 Å². The number of aryl methyl sites for hydroxylation is 1. The Balaban J connectivity index is 1.64. The van der Waals surface area contributed by atoms with E-state index in [9.17, 15) is 9.18 Å². The molecule has 0 saturated heterocycles. The van der Waals surface area contributed by atoms with Gasteiger partial charge in [-0.15, -0.1) is 0 Å². The molecule has 1 aromatic carbocycles. The van der Waals surface area contributed by atoms with Gasteiger partial charge in [-0.25, -0.2) is 9.18 Å². The van der Waals surface area contributed by atoms with Crippen molar-refractivity contribution in [3.63, 3.8) is 0 Å². The molecule has 0 saturated carbocycles. The normalized spacial score (nSPS) is 10.8. The SMILES string of the molecule is CC(C)c1noc(CCCNC(=O)NCc2ccccc2F)n1. The Labute approximate surface area is 134 Å². The molecule has 0 fully saturated rings. The van der Waals surface area contributed by atoms with Crippen LogP contribution in [0.5, 0.6) is 0 Å². The van der Waals surface area contributed by atoms with Gasteiger partial charge in [0, 0.05) is 31.0 Å². The Kier molecular flexibility index (Phi) is 6.08. The molecule has 23 heavy (non-hydrogen) atoms. The second kappa shape index (κ2) is 8.26. The number of aromatic nitrogens is 2. The van der Waals surface area contributed by atoms with Gasteiger partial charge in [-0.1, -0.05) is 37.2 Å². The van der Waals surface area contributed by atoms with Crippen LogP contribution >= 0.6 is 0 Å². The third-order valence-electron chi connectivity index (χ3n) is 3.25. The molecule has 0 aliphatic carbocycles. The number of halogens is 1. The van der Waals surface area contributed by atoms with Gasteiger partial charge in [0.25, 0.3) is 0 Å². The number of nitrogens with zero attached hydrogens (tertiary/aromatic N) is 2. The number of nitrogens with one attached hydrogen (secondary N) is 2. The summed E-state index contributed by atoms with van der Waals surface area (Å²) >= 11 is 0. The molecule has 2 rings (SSSR count). The molecule has 124 valence electrons. The van der Waals surface area contributed by atoms with Crippen molar-refractivity contribution in [3.8, 4) is 0 Å². The van der Waals surface area contributed by atoms with E-state index in [1.165, 1.54) is 6.07 Å². The summed E-state index contributed by atoms with van der Waals surface area (Å²) in [5.74, 6) is 1.16. The summed E-state index contributed by atoms with van der Waals surface area (Å²) < 4.78 is 18.5. The highest BCUT2D eigenvalue weighted by atomic mass is 19.1. The van der Waals surface area contributed by atoms with Crippen LogP contribution in [-0.2, 0) is 13.0 Å². The molecule has 0 atom stereocenters. The van der Waals surface area contributed by atoms with E-state index in [1.54, 1.807) is 18.2 Å². The van der Waals surface area contributed by atoms with E-state index >= 15 is 0 Å². The minimum absolute atomic E-state index is 0.153. The summed E-state index contributed by atoms with van der Waals surface area (Å²) in [6, 6.07) is 6.01. The van der Waals surface area contributed by atoms with Crippen molar-refractivity contribution in [2.75, 3.05) is 6.54 Å². The molecule has 0 radical (unpaired) electrons. The fourth-order valence-electron chi connectivity index (χ4n) is 1.93. The molecule has 0 aliphatic heterocycles. The first-order chi connectivity index (χ1) is 11.1. The fourth-order valence-corrected chi connectivity index (χ4v) is 1.93. The van der Waals surface area contributed by atoms with Gasteiger partial charge in [-0.3, -0.25) is 0 Å². The number of hydrogen-bond donors (Lipinski definition) is 2. The van der Waals surface area contributed by atoms with Crippen LogP contribution in [0.3, 0.4) is 0 Å². The molecule has 0 unspecified atom stereocenters. The van der Waals surface area contributed by atoms with Gasteiger partial charge >= 0.3 is 6.03 Å². The van der Waals surface area contributed by atoms with Crippen LogP contribution in [0.2, 0.25) is 0 Å². The predicted octanol–water partition coefficient (Wildman–Crippen LogP) is 2.76. The van der Waals surface area contributed by atoms with Crippen molar-refractivity contribution < 1.29 is 13.7 Å². The van der Waals surface area contributed by atoms with Crippen LogP contribution in [0.25, 0.3) is 0 Å². The van der Waals surface area contributed by atoms with E-state index in [0.717, 1.165) is 0 Å². The monoisotopic (exact) mass is 320 g/mol. The molecule has 2 N–H and O–H groups in total. The summed E-state index contributed by atoms with van der Waals surface area (Å²) in [7, 11) is 0. The first-order valence-corrected chi connectivity index (χ1v) is 7.64. The molecule has 1 heterocycles. The Morgan fingerprint density at radius 2 is 2.09 bits per heavy atom. The third-order valence-corrected chi connectivity index (χ3v) is 3.25. The van der Waals surface area contributed by atoms with Crippen LogP contribution in [0, 0.1) is 5.82 Å². The average Bonchev–Trinajstić information content (AvgIpc) is 3.00. The number of carbonyl (C=O) groups is 1. The minimum atomic E-state index is -0.332. The van der Waals surface area contributed by atoms with Crippen LogP contribution in [-0.4, -0.2) is 22.7 Å². The third kappa shape index (κ3) is 5.36. The minimum Gasteiger partial charge on any atom is -0.339 e. The van der Waals surface area contributed by atoms with Gasteiger partial charge in [0.05, 0.1) is 0 Å². The largest absolute Gasteiger partial charge is 0.339 e. The molecule has 0 bridgehead atoms. The number of hydrogen-bond acceptors (Lipinski definition) is 4. The molecule has 0 spiro atoms. The maximum Gasteiger partial charge on any atom is 0.315 e. The molecule has 2 aromatic rings. The molecule has 1 aromatic heterocycles. The molecule has 6 nitrogen and oxygen atoms in total. The fraction of sp³-hybridized carbons (Fsp3) is 0.438. The number of rotatable bonds is 7. The number of carbonyl (C=O) groups excluding carboxylic acids is 1. The highest BCUT2D eigenvalue weighted by Gasteiger charge is 2.09. The first-order valence-electron chi connectivity index (χ1n) is 7.64. The van der Waals surface area contributed by atoms with Crippen LogP contribution in [0.4, 0.5) is 9.18 Å². The smallest absolute Gasteiger partial charge is 0.315 e. The van der Waals surface area contributed by atoms with Gasteiger partial charge in [0.1, 0.15) is 5.82 Å². The quantitative estimate of drug-likeness (QED) is 0.769. The Morgan fingerprint density at radius 1 is 1.30 bits per heavy atom. The standard InChI is InChI=1S/C16H21FN4O2/c1-11(2)15-20-14(23-21-15)8-5-9-18-16(22)19-10-12-6-3-4-7-13(12)17/h3-4,6-7,11H,5,8-10H2,1-2H3,(H2,18,19,22). The molecular weight excluding hydrogens is 299 g/mol. The highest BCUT2D eigenvalue weighted by Crippen LogP contribution is 2.10. The van der Waals surface area contributed by atoms with Gasteiger partial charge in [-0.05, 0) is 12.5 Å². The maximum absolute atomic E-state index is 13.4. The maximum atomic E-state index is 13.4. The summed E-state index contributed by atoms with van der Waals surface area (Å²) in [5.41, 5.74) is 0.453. The first kappa shape index (κ1) is 16.9. The lowest BCUT2D eigenvalue weighted by molar-refractivity contribution is 0.240. The van der Waals surface area contributed by atoms with E-state index in [0.29, 0.717) is 36.7 Å². The number of amides is 2. The molecule has 0 aliphatic rings. The van der Waals surface area contributed by atoms with Gasteiger partial charge in [0.15, 0.2) is 5.82 Å². The summed E-state index contributed by atoms with van der Waals surface area (Å²) in [6.45, 7) is 4.62. The molecular formula is C16H21FN4O2. The zero-order valence-electron chi connectivity index (χ0n) is 13.3. The lowest BCUT2D eigenvalue weighted by atomic mass is 10.2. The van der Waals surface area contributed by atoms with Crippen molar-refractivity contribution in [1.82, 2.24) is 20.8 Å². The lowest BCUT2D eigenvalue weighted by Crippen LogP contribution is -2.35. The van der Waals surface area contributed by atoms with Crippen LogP contribution < -0.4 is 10.6 Å². The van der Waals surface area contributed by atoms with Crippen molar-refractivity contribution in [2.45, 2.75) is 39.2 Å². The summed E-state index contributed by atoms with van der Waals surface area (Å²) in [4.78, 5) is 15.9. The van der Waals surface area contributed by atoms with Crippen molar-refractivity contribution in [3.05, 3.63) is 47.4 Å². The van der Waals surface area contributed by atoms with Gasteiger partial charge < -0.3 is 15.2 Å². The van der Waals surface area contributed by atoms with Gasteiger partial charge in [0.2, 0.25) is 5.89 Å². The van der Waals surface area contributed by atoms with E-state index in [4.69, 9.17) is 4.52 Å².